The fourth-order valence-corrected chi connectivity index (χ4v) is 1.96. The molecule has 0 aliphatic rings. The molecule has 0 atom stereocenters. The zero-order chi connectivity index (χ0) is 12.8. The molecule has 2 nitrogen and oxygen atoms in total. The van der Waals surface area contributed by atoms with Gasteiger partial charge in [-0.05, 0) is 35.6 Å². The molecule has 2 heteroatoms. The molecule has 0 spiro atoms. The minimum Gasteiger partial charge on any atom is -0.309 e. The van der Waals surface area contributed by atoms with Crippen molar-refractivity contribution < 1.29 is 0 Å². The van der Waals surface area contributed by atoms with Gasteiger partial charge in [-0.2, -0.15) is 0 Å². The number of hydrogen-bond acceptors (Lipinski definition) is 2. The number of pyridine rings is 1. The van der Waals surface area contributed by atoms with Gasteiger partial charge < -0.3 is 5.32 Å². The maximum absolute atomic E-state index is 4.19. The third kappa shape index (κ3) is 3.67. The second kappa shape index (κ2) is 6.31. The predicted octanol–water partition coefficient (Wildman–Crippen LogP) is 3.24. The van der Waals surface area contributed by atoms with Crippen LogP contribution in [0.3, 0.4) is 0 Å². The first kappa shape index (κ1) is 12.8. The second-order valence-electron chi connectivity index (χ2n) is 4.64. The Bertz CT molecular complexity index is 489. The van der Waals surface area contributed by atoms with Gasteiger partial charge in [0.1, 0.15) is 0 Å². The van der Waals surface area contributed by atoms with Crippen molar-refractivity contribution in [3.8, 4) is 0 Å². The fourth-order valence-electron chi connectivity index (χ4n) is 1.96. The lowest BCUT2D eigenvalue weighted by atomic mass is 10.1. The van der Waals surface area contributed by atoms with Crippen LogP contribution < -0.4 is 5.32 Å². The molecule has 0 saturated carbocycles. The first-order chi connectivity index (χ1) is 8.78. The summed E-state index contributed by atoms with van der Waals surface area (Å²) < 4.78 is 0. The Labute approximate surface area is 109 Å². The highest BCUT2D eigenvalue weighted by Gasteiger charge is 1.96. The van der Waals surface area contributed by atoms with Gasteiger partial charge in [0.25, 0.3) is 0 Å². The molecule has 2 aromatic rings. The number of hydrogen-bond donors (Lipinski definition) is 1. The van der Waals surface area contributed by atoms with Crippen LogP contribution in [0, 0.1) is 6.92 Å². The van der Waals surface area contributed by atoms with E-state index in [9.17, 15) is 0 Å². The van der Waals surface area contributed by atoms with Crippen molar-refractivity contribution in [3.63, 3.8) is 0 Å². The van der Waals surface area contributed by atoms with Crippen molar-refractivity contribution >= 4 is 0 Å². The van der Waals surface area contributed by atoms with E-state index in [0.29, 0.717) is 0 Å². The van der Waals surface area contributed by atoms with Crippen LogP contribution >= 0.6 is 0 Å². The van der Waals surface area contributed by atoms with Crippen LogP contribution in [0.25, 0.3) is 0 Å². The zero-order valence-electron chi connectivity index (χ0n) is 11.1. The van der Waals surface area contributed by atoms with Crippen LogP contribution in [0.1, 0.15) is 29.2 Å². The Morgan fingerprint density at radius 1 is 0.944 bits per heavy atom. The van der Waals surface area contributed by atoms with E-state index in [0.717, 1.165) is 19.5 Å². The van der Waals surface area contributed by atoms with Crippen LogP contribution in [-0.2, 0) is 19.5 Å². The SMILES string of the molecule is CCc1ccc(CNCc2cncc(C)c2)cc1. The molecular weight excluding hydrogens is 220 g/mol. The number of aromatic nitrogens is 1. The molecule has 1 heterocycles. The van der Waals surface area contributed by atoms with Crippen molar-refractivity contribution in [1.82, 2.24) is 10.3 Å². The molecule has 0 unspecified atom stereocenters. The van der Waals surface area contributed by atoms with Gasteiger partial charge in [0, 0.05) is 25.5 Å². The highest BCUT2D eigenvalue weighted by atomic mass is 14.8. The Morgan fingerprint density at radius 2 is 1.61 bits per heavy atom. The minimum absolute atomic E-state index is 0.865. The monoisotopic (exact) mass is 240 g/mol. The molecule has 1 aromatic heterocycles. The first-order valence-corrected chi connectivity index (χ1v) is 6.47. The topological polar surface area (TPSA) is 24.9 Å². The van der Waals surface area contributed by atoms with E-state index in [4.69, 9.17) is 0 Å². The summed E-state index contributed by atoms with van der Waals surface area (Å²) in [6.07, 6.45) is 4.90. The van der Waals surface area contributed by atoms with Gasteiger partial charge in [0.2, 0.25) is 0 Å². The molecule has 2 rings (SSSR count). The lowest BCUT2D eigenvalue weighted by Crippen LogP contribution is -2.12. The molecule has 0 fully saturated rings. The molecule has 94 valence electrons. The summed E-state index contributed by atoms with van der Waals surface area (Å²) in [7, 11) is 0. The molecule has 1 aromatic carbocycles. The van der Waals surface area contributed by atoms with Crippen molar-refractivity contribution in [2.24, 2.45) is 0 Å². The lowest BCUT2D eigenvalue weighted by Gasteiger charge is -2.06. The van der Waals surface area contributed by atoms with Gasteiger partial charge in [0.15, 0.2) is 0 Å². The zero-order valence-corrected chi connectivity index (χ0v) is 11.1. The smallest absolute Gasteiger partial charge is 0.0313 e. The molecule has 0 bridgehead atoms. The standard InChI is InChI=1S/C16H20N2/c1-3-14-4-6-15(7-5-14)10-18-12-16-8-13(2)9-17-11-16/h4-9,11,18H,3,10,12H2,1-2H3. The van der Waals surface area contributed by atoms with E-state index in [2.05, 4.69) is 54.5 Å². The van der Waals surface area contributed by atoms with Crippen LogP contribution in [0.2, 0.25) is 0 Å². The summed E-state index contributed by atoms with van der Waals surface area (Å²) >= 11 is 0. The Morgan fingerprint density at radius 3 is 2.28 bits per heavy atom. The Balaban J connectivity index is 1.84. The molecule has 0 amide bonds. The molecule has 0 aliphatic heterocycles. The highest BCUT2D eigenvalue weighted by Crippen LogP contribution is 2.05. The van der Waals surface area contributed by atoms with Crippen LogP contribution in [0.5, 0.6) is 0 Å². The van der Waals surface area contributed by atoms with Crippen molar-refractivity contribution in [2.45, 2.75) is 33.4 Å². The second-order valence-corrected chi connectivity index (χ2v) is 4.64. The third-order valence-electron chi connectivity index (χ3n) is 3.02. The summed E-state index contributed by atoms with van der Waals surface area (Å²) in [5, 5.41) is 3.44. The van der Waals surface area contributed by atoms with Crippen molar-refractivity contribution in [3.05, 3.63) is 65.0 Å². The Kier molecular flexibility index (Phi) is 4.48. The molecular formula is C16H20N2. The fraction of sp³-hybridized carbons (Fsp3) is 0.312. The molecule has 0 saturated heterocycles. The van der Waals surface area contributed by atoms with E-state index in [1.165, 1.54) is 22.3 Å². The average molecular weight is 240 g/mol. The molecule has 0 aliphatic carbocycles. The number of nitrogens with one attached hydrogen (secondary N) is 1. The summed E-state index contributed by atoms with van der Waals surface area (Å²) in [6, 6.07) is 11.0. The number of benzene rings is 1. The maximum atomic E-state index is 4.19. The summed E-state index contributed by atoms with van der Waals surface area (Å²) in [5.41, 5.74) is 5.16. The number of rotatable bonds is 5. The normalized spacial score (nSPS) is 10.6. The van der Waals surface area contributed by atoms with Crippen LogP contribution in [0.4, 0.5) is 0 Å². The quantitative estimate of drug-likeness (QED) is 0.868. The molecule has 1 N–H and O–H groups in total. The van der Waals surface area contributed by atoms with E-state index in [1.807, 2.05) is 12.4 Å². The maximum Gasteiger partial charge on any atom is 0.0313 e. The summed E-state index contributed by atoms with van der Waals surface area (Å²) in [6.45, 7) is 6.01. The van der Waals surface area contributed by atoms with Gasteiger partial charge in [-0.25, -0.2) is 0 Å². The van der Waals surface area contributed by atoms with E-state index in [-0.39, 0.29) is 0 Å². The van der Waals surface area contributed by atoms with Gasteiger partial charge >= 0.3 is 0 Å². The van der Waals surface area contributed by atoms with Gasteiger partial charge in [-0.15, -0.1) is 0 Å². The minimum atomic E-state index is 0.865. The summed E-state index contributed by atoms with van der Waals surface area (Å²) in [4.78, 5) is 4.19. The lowest BCUT2D eigenvalue weighted by molar-refractivity contribution is 0.690. The van der Waals surface area contributed by atoms with Gasteiger partial charge in [0.05, 0.1) is 0 Å². The van der Waals surface area contributed by atoms with Gasteiger partial charge in [-0.1, -0.05) is 37.3 Å². The van der Waals surface area contributed by atoms with Gasteiger partial charge in [-0.3, -0.25) is 4.98 Å². The van der Waals surface area contributed by atoms with Crippen molar-refractivity contribution in [1.29, 1.82) is 0 Å². The molecule has 0 radical (unpaired) electrons. The van der Waals surface area contributed by atoms with Crippen molar-refractivity contribution in [2.75, 3.05) is 0 Å². The largest absolute Gasteiger partial charge is 0.309 e. The van der Waals surface area contributed by atoms with Crippen LogP contribution in [0.15, 0.2) is 42.7 Å². The Hall–Kier alpha value is -1.67. The number of nitrogens with zero attached hydrogens (tertiary/aromatic N) is 1. The van der Waals surface area contributed by atoms with Crippen LogP contribution in [-0.4, -0.2) is 4.98 Å². The van der Waals surface area contributed by atoms with E-state index < -0.39 is 0 Å². The average Bonchev–Trinajstić information content (AvgIpc) is 2.40. The third-order valence-corrected chi connectivity index (χ3v) is 3.02. The van der Waals surface area contributed by atoms with E-state index in [1.54, 1.807) is 0 Å². The summed E-state index contributed by atoms with van der Waals surface area (Å²) in [5.74, 6) is 0. The number of aryl methyl sites for hydroxylation is 2. The first-order valence-electron chi connectivity index (χ1n) is 6.47. The van der Waals surface area contributed by atoms with E-state index >= 15 is 0 Å². The predicted molar refractivity (Wildman–Crippen MR) is 75.3 cm³/mol. The molecule has 18 heavy (non-hydrogen) atoms. The highest BCUT2D eigenvalue weighted by molar-refractivity contribution is 5.22.